The number of carbonyl (C=O) groups is 3. The summed E-state index contributed by atoms with van der Waals surface area (Å²) in [5.41, 5.74) is 0.430. The van der Waals surface area contributed by atoms with Gasteiger partial charge in [0.2, 0.25) is 11.8 Å². The third-order valence-corrected chi connectivity index (χ3v) is 7.63. The molecule has 0 unspecified atom stereocenters. The molecule has 9 heteroatoms. The molecule has 174 valence electrons. The quantitative estimate of drug-likeness (QED) is 0.702. The minimum Gasteiger partial charge on any atom is -0.342 e. The summed E-state index contributed by atoms with van der Waals surface area (Å²) in [5, 5.41) is 3.43. The molecule has 0 spiro atoms. The Kier molecular flexibility index (Phi) is 7.46. The van der Waals surface area contributed by atoms with Crippen molar-refractivity contribution in [2.24, 2.45) is 5.92 Å². The van der Waals surface area contributed by atoms with E-state index in [9.17, 15) is 14.4 Å². The number of benzene rings is 1. The molecule has 4 amide bonds. The lowest BCUT2D eigenvalue weighted by Gasteiger charge is -2.37. The van der Waals surface area contributed by atoms with Gasteiger partial charge in [-0.1, -0.05) is 29.3 Å². The van der Waals surface area contributed by atoms with Crippen molar-refractivity contribution in [2.45, 2.75) is 51.0 Å². The number of urea groups is 1. The van der Waals surface area contributed by atoms with Crippen LogP contribution in [0.3, 0.4) is 0 Å². The maximum Gasteiger partial charge on any atom is 0.322 e. The number of amides is 4. The van der Waals surface area contributed by atoms with E-state index in [0.717, 1.165) is 32.4 Å². The molecule has 0 aliphatic carbocycles. The molecule has 32 heavy (non-hydrogen) atoms. The zero-order chi connectivity index (χ0) is 22.7. The van der Waals surface area contributed by atoms with Gasteiger partial charge in [0.05, 0.1) is 15.7 Å². The van der Waals surface area contributed by atoms with E-state index in [2.05, 4.69) is 5.32 Å². The van der Waals surface area contributed by atoms with Crippen LogP contribution in [0.15, 0.2) is 18.2 Å². The zero-order valence-electron chi connectivity index (χ0n) is 18.2. The molecule has 1 N–H and O–H groups in total. The van der Waals surface area contributed by atoms with Gasteiger partial charge >= 0.3 is 6.03 Å². The van der Waals surface area contributed by atoms with E-state index in [1.807, 2.05) is 9.80 Å². The zero-order valence-corrected chi connectivity index (χ0v) is 19.7. The number of hydrogen-bond donors (Lipinski definition) is 1. The second-order valence-electron chi connectivity index (χ2n) is 8.87. The minimum absolute atomic E-state index is 0.00472. The molecule has 3 fully saturated rings. The third-order valence-electron chi connectivity index (χ3n) is 6.82. The molecule has 7 nitrogen and oxygen atoms in total. The summed E-state index contributed by atoms with van der Waals surface area (Å²) >= 11 is 12.2. The SMILES string of the molecule is O=C(C1CCN(C(=O)[C@@H]2CCCN2C(=O)Nc2cccc(Cl)c2Cl)CC1)N1CCCCC1. The normalized spacial score (nSPS) is 22.2. The van der Waals surface area contributed by atoms with Gasteiger partial charge in [0.15, 0.2) is 0 Å². The van der Waals surface area contributed by atoms with E-state index >= 15 is 0 Å². The van der Waals surface area contributed by atoms with Gasteiger partial charge in [0.1, 0.15) is 6.04 Å². The first-order valence-corrected chi connectivity index (χ1v) is 12.3. The standard InChI is InChI=1S/C23H30Cl2N4O3/c24-17-6-4-7-18(20(17)25)26-23(32)29-13-5-8-19(29)22(31)28-14-9-16(10-15-28)21(30)27-11-2-1-3-12-27/h4,6-7,16,19H,1-3,5,8-15H2,(H,26,32)/t19-/m0/s1. The summed E-state index contributed by atoms with van der Waals surface area (Å²) in [6.07, 6.45) is 6.17. The van der Waals surface area contributed by atoms with Gasteiger partial charge in [0.25, 0.3) is 0 Å². The van der Waals surface area contributed by atoms with Crippen LogP contribution in [-0.2, 0) is 9.59 Å². The Morgan fingerprint density at radius 1 is 0.812 bits per heavy atom. The average molecular weight is 481 g/mol. The molecule has 0 bridgehead atoms. The van der Waals surface area contributed by atoms with E-state index in [1.165, 1.54) is 6.42 Å². The van der Waals surface area contributed by atoms with Gasteiger partial charge in [-0.05, 0) is 57.1 Å². The van der Waals surface area contributed by atoms with Crippen molar-refractivity contribution in [2.75, 3.05) is 38.0 Å². The number of hydrogen-bond acceptors (Lipinski definition) is 3. The Balaban J connectivity index is 1.33. The molecule has 3 saturated heterocycles. The lowest BCUT2D eigenvalue weighted by molar-refractivity contribution is -0.142. The topological polar surface area (TPSA) is 73.0 Å². The number of rotatable bonds is 3. The van der Waals surface area contributed by atoms with E-state index in [4.69, 9.17) is 23.2 Å². The second-order valence-corrected chi connectivity index (χ2v) is 9.65. The van der Waals surface area contributed by atoms with Crippen LogP contribution < -0.4 is 5.32 Å². The number of likely N-dealkylation sites (tertiary alicyclic amines) is 3. The average Bonchev–Trinajstić information content (AvgIpc) is 3.32. The summed E-state index contributed by atoms with van der Waals surface area (Å²) < 4.78 is 0. The summed E-state index contributed by atoms with van der Waals surface area (Å²) in [6, 6.07) is 4.22. The summed E-state index contributed by atoms with van der Waals surface area (Å²) in [5.74, 6) is 0.223. The summed E-state index contributed by atoms with van der Waals surface area (Å²) in [7, 11) is 0. The lowest BCUT2D eigenvalue weighted by Crippen LogP contribution is -2.52. The van der Waals surface area contributed by atoms with Crippen molar-refractivity contribution in [3.8, 4) is 0 Å². The number of nitrogens with one attached hydrogen (secondary N) is 1. The van der Waals surface area contributed by atoms with Crippen molar-refractivity contribution in [3.63, 3.8) is 0 Å². The van der Waals surface area contributed by atoms with Gasteiger partial charge in [0, 0.05) is 38.6 Å². The van der Waals surface area contributed by atoms with Gasteiger partial charge < -0.3 is 20.0 Å². The smallest absolute Gasteiger partial charge is 0.322 e. The first-order chi connectivity index (χ1) is 15.5. The molecule has 3 heterocycles. The summed E-state index contributed by atoms with van der Waals surface area (Å²) in [6.45, 7) is 3.37. The molecule has 1 aromatic rings. The fourth-order valence-corrected chi connectivity index (χ4v) is 5.33. The largest absolute Gasteiger partial charge is 0.342 e. The van der Waals surface area contributed by atoms with Crippen LogP contribution >= 0.6 is 23.2 Å². The molecule has 1 atom stereocenters. The Morgan fingerprint density at radius 2 is 1.50 bits per heavy atom. The molecule has 3 aliphatic rings. The maximum atomic E-state index is 13.2. The van der Waals surface area contributed by atoms with Crippen molar-refractivity contribution < 1.29 is 14.4 Å². The fourth-order valence-electron chi connectivity index (χ4n) is 4.98. The monoisotopic (exact) mass is 480 g/mol. The van der Waals surface area contributed by atoms with Crippen LogP contribution in [0.5, 0.6) is 0 Å². The van der Waals surface area contributed by atoms with Crippen LogP contribution in [0.4, 0.5) is 10.5 Å². The first kappa shape index (κ1) is 23.2. The lowest BCUT2D eigenvalue weighted by atomic mass is 9.94. The minimum atomic E-state index is -0.484. The fraction of sp³-hybridized carbons (Fsp3) is 0.609. The van der Waals surface area contributed by atoms with Gasteiger partial charge in [-0.2, -0.15) is 0 Å². The number of anilines is 1. The third kappa shape index (κ3) is 4.99. The maximum absolute atomic E-state index is 13.2. The van der Waals surface area contributed by atoms with Crippen molar-refractivity contribution >= 4 is 46.7 Å². The van der Waals surface area contributed by atoms with Crippen LogP contribution in [-0.4, -0.2) is 71.3 Å². The molecule has 0 saturated carbocycles. The predicted octanol–water partition coefficient (Wildman–Crippen LogP) is 4.24. The van der Waals surface area contributed by atoms with Crippen molar-refractivity contribution in [1.29, 1.82) is 0 Å². The molecular weight excluding hydrogens is 451 g/mol. The van der Waals surface area contributed by atoms with Crippen LogP contribution in [0.1, 0.15) is 44.9 Å². The van der Waals surface area contributed by atoms with E-state index in [1.54, 1.807) is 23.1 Å². The first-order valence-electron chi connectivity index (χ1n) is 11.5. The molecule has 0 radical (unpaired) electrons. The van der Waals surface area contributed by atoms with Gasteiger partial charge in [-0.15, -0.1) is 0 Å². The molecule has 1 aromatic carbocycles. The highest BCUT2D eigenvalue weighted by Gasteiger charge is 2.39. The van der Waals surface area contributed by atoms with Crippen LogP contribution in [0.25, 0.3) is 0 Å². The Labute approximate surface area is 199 Å². The number of halogens is 2. The van der Waals surface area contributed by atoms with Crippen molar-refractivity contribution in [3.05, 3.63) is 28.2 Å². The van der Waals surface area contributed by atoms with E-state index in [0.29, 0.717) is 49.6 Å². The number of piperidine rings is 2. The van der Waals surface area contributed by atoms with Crippen LogP contribution in [0.2, 0.25) is 10.0 Å². The van der Waals surface area contributed by atoms with E-state index in [-0.39, 0.29) is 28.8 Å². The number of carbonyl (C=O) groups excluding carboxylic acids is 3. The van der Waals surface area contributed by atoms with E-state index < -0.39 is 6.04 Å². The Bertz CT molecular complexity index is 867. The summed E-state index contributed by atoms with van der Waals surface area (Å²) in [4.78, 5) is 44.3. The van der Waals surface area contributed by atoms with Gasteiger partial charge in [-0.3, -0.25) is 9.59 Å². The highest BCUT2D eigenvalue weighted by Crippen LogP contribution is 2.31. The highest BCUT2D eigenvalue weighted by molar-refractivity contribution is 6.43. The van der Waals surface area contributed by atoms with Gasteiger partial charge in [-0.25, -0.2) is 4.79 Å². The number of nitrogens with zero attached hydrogens (tertiary/aromatic N) is 3. The Morgan fingerprint density at radius 3 is 2.22 bits per heavy atom. The van der Waals surface area contributed by atoms with Crippen molar-refractivity contribution in [1.82, 2.24) is 14.7 Å². The highest BCUT2D eigenvalue weighted by atomic mass is 35.5. The van der Waals surface area contributed by atoms with Crippen LogP contribution in [0, 0.1) is 5.92 Å². The molecule has 4 rings (SSSR count). The Hall–Kier alpha value is -1.99. The second kappa shape index (κ2) is 10.3. The molecular formula is C23H30Cl2N4O3. The predicted molar refractivity (Wildman–Crippen MR) is 125 cm³/mol. The molecule has 0 aromatic heterocycles. The molecule has 3 aliphatic heterocycles.